The van der Waals surface area contributed by atoms with E-state index in [2.05, 4.69) is 16.9 Å². The zero-order valence-corrected chi connectivity index (χ0v) is 13.4. The van der Waals surface area contributed by atoms with Gasteiger partial charge in [-0.1, -0.05) is 6.92 Å². The second-order valence-corrected chi connectivity index (χ2v) is 7.03. The van der Waals surface area contributed by atoms with E-state index in [4.69, 9.17) is 0 Å². The van der Waals surface area contributed by atoms with E-state index in [-0.39, 0.29) is 12.3 Å². The summed E-state index contributed by atoms with van der Waals surface area (Å²) in [5.41, 5.74) is 0.924. The second-order valence-electron chi connectivity index (χ2n) is 7.03. The van der Waals surface area contributed by atoms with E-state index in [9.17, 15) is 18.3 Å². The first-order valence-electron chi connectivity index (χ1n) is 8.47. The van der Waals surface area contributed by atoms with Crippen LogP contribution in [0.25, 0.3) is 0 Å². The van der Waals surface area contributed by atoms with Crippen LogP contribution in [-0.2, 0) is 0 Å². The van der Waals surface area contributed by atoms with Gasteiger partial charge in [-0.15, -0.1) is 0 Å². The number of alkyl halides is 3. The Kier molecular flexibility index (Phi) is 4.63. The first-order chi connectivity index (χ1) is 10.8. The van der Waals surface area contributed by atoms with E-state index < -0.39 is 18.0 Å². The molecule has 1 saturated carbocycles. The minimum Gasteiger partial charge on any atom is -0.392 e. The van der Waals surface area contributed by atoms with Crippen molar-refractivity contribution >= 4 is 11.4 Å². The van der Waals surface area contributed by atoms with Gasteiger partial charge in [-0.2, -0.15) is 13.2 Å². The Labute approximate surface area is 134 Å². The molecule has 0 bridgehead atoms. The number of allylic oxidation sites excluding steroid dienone is 2. The molecule has 0 aromatic rings. The standard InChI is InChI=1S/C17H23F3N2O/c1-10-6-7-15(23)11(8-10)14-9-16(17(18,19)20)22-13-5-3-2-4-12(13)21-14/h10-11,15,23H,2-9H2,1H3. The zero-order chi connectivity index (χ0) is 16.6. The van der Waals surface area contributed by atoms with E-state index in [1.54, 1.807) is 0 Å². The van der Waals surface area contributed by atoms with E-state index >= 15 is 0 Å². The maximum Gasteiger partial charge on any atom is 0.429 e. The van der Waals surface area contributed by atoms with Crippen molar-refractivity contribution < 1.29 is 18.3 Å². The highest BCUT2D eigenvalue weighted by Gasteiger charge is 2.41. The van der Waals surface area contributed by atoms with Crippen molar-refractivity contribution in [3.05, 3.63) is 11.4 Å². The lowest BCUT2D eigenvalue weighted by molar-refractivity contribution is -0.0599. The molecule has 1 fully saturated rings. The highest BCUT2D eigenvalue weighted by Crippen LogP contribution is 2.37. The molecule has 3 unspecified atom stereocenters. The van der Waals surface area contributed by atoms with Crippen molar-refractivity contribution in [1.82, 2.24) is 0 Å². The summed E-state index contributed by atoms with van der Waals surface area (Å²) < 4.78 is 40.0. The lowest BCUT2D eigenvalue weighted by Gasteiger charge is -2.32. The molecule has 0 spiro atoms. The average molecular weight is 328 g/mol. The number of aliphatic hydroxyl groups is 1. The third-order valence-electron chi connectivity index (χ3n) is 5.14. The van der Waals surface area contributed by atoms with Gasteiger partial charge in [0, 0.05) is 18.1 Å². The molecule has 3 rings (SSSR count). The fourth-order valence-corrected chi connectivity index (χ4v) is 3.80. The predicted molar refractivity (Wildman–Crippen MR) is 83.5 cm³/mol. The lowest BCUT2D eigenvalue weighted by Crippen LogP contribution is -2.37. The van der Waals surface area contributed by atoms with Crippen LogP contribution in [0.1, 0.15) is 58.3 Å². The molecule has 3 nitrogen and oxygen atoms in total. The van der Waals surface area contributed by atoms with E-state index in [0.717, 1.165) is 19.3 Å². The summed E-state index contributed by atoms with van der Waals surface area (Å²) >= 11 is 0. The Bertz CT molecular complexity index is 563. The van der Waals surface area contributed by atoms with Crippen LogP contribution < -0.4 is 0 Å². The molecule has 0 amide bonds. The fraction of sp³-hybridized carbons (Fsp3) is 0.765. The van der Waals surface area contributed by atoms with Crippen LogP contribution in [-0.4, -0.2) is 28.8 Å². The monoisotopic (exact) mass is 328 g/mol. The van der Waals surface area contributed by atoms with E-state index in [0.29, 0.717) is 48.7 Å². The number of halogens is 3. The normalized spacial score (nSPS) is 32.8. The van der Waals surface area contributed by atoms with Gasteiger partial charge in [0.15, 0.2) is 0 Å². The molecule has 23 heavy (non-hydrogen) atoms. The van der Waals surface area contributed by atoms with Gasteiger partial charge in [-0.3, -0.25) is 9.98 Å². The van der Waals surface area contributed by atoms with Gasteiger partial charge in [0.1, 0.15) is 5.71 Å². The Morgan fingerprint density at radius 3 is 2.35 bits per heavy atom. The van der Waals surface area contributed by atoms with Crippen molar-refractivity contribution in [2.24, 2.45) is 21.8 Å². The van der Waals surface area contributed by atoms with Crippen LogP contribution >= 0.6 is 0 Å². The van der Waals surface area contributed by atoms with Gasteiger partial charge in [-0.25, -0.2) is 0 Å². The number of hydrogen-bond acceptors (Lipinski definition) is 3. The van der Waals surface area contributed by atoms with Crippen LogP contribution in [0, 0.1) is 11.8 Å². The molecule has 3 atom stereocenters. The number of hydrogen-bond donors (Lipinski definition) is 1. The Hall–Kier alpha value is -1.17. The summed E-state index contributed by atoms with van der Waals surface area (Å²) in [7, 11) is 0. The Morgan fingerprint density at radius 1 is 1.04 bits per heavy atom. The fourth-order valence-electron chi connectivity index (χ4n) is 3.80. The van der Waals surface area contributed by atoms with Gasteiger partial charge in [-0.05, 0) is 50.9 Å². The molecule has 1 heterocycles. The molecular formula is C17H23F3N2O. The first-order valence-corrected chi connectivity index (χ1v) is 8.47. The predicted octanol–water partition coefficient (Wildman–Crippen LogP) is 4.42. The lowest BCUT2D eigenvalue weighted by atomic mass is 9.76. The molecule has 0 saturated heterocycles. The van der Waals surface area contributed by atoms with Gasteiger partial charge in [0.25, 0.3) is 0 Å². The summed E-state index contributed by atoms with van der Waals surface area (Å²) in [6, 6.07) is 0. The number of nitrogens with zero attached hydrogens (tertiary/aromatic N) is 2. The summed E-state index contributed by atoms with van der Waals surface area (Å²) in [4.78, 5) is 8.52. The third kappa shape index (κ3) is 3.67. The molecule has 6 heteroatoms. The molecule has 3 aliphatic rings. The van der Waals surface area contributed by atoms with Crippen LogP contribution in [0.15, 0.2) is 21.4 Å². The van der Waals surface area contributed by atoms with Gasteiger partial charge < -0.3 is 5.11 Å². The average Bonchev–Trinajstić information content (AvgIpc) is 2.68. The summed E-state index contributed by atoms with van der Waals surface area (Å²) in [5, 5.41) is 10.3. The smallest absolute Gasteiger partial charge is 0.392 e. The number of rotatable bonds is 1. The molecule has 0 radical (unpaired) electrons. The van der Waals surface area contributed by atoms with E-state index in [1.165, 1.54) is 0 Å². The van der Waals surface area contributed by atoms with Crippen molar-refractivity contribution in [2.75, 3.05) is 0 Å². The molecule has 0 aromatic heterocycles. The maximum absolute atomic E-state index is 13.3. The highest BCUT2D eigenvalue weighted by atomic mass is 19.4. The molecule has 128 valence electrons. The third-order valence-corrected chi connectivity index (χ3v) is 5.14. The van der Waals surface area contributed by atoms with E-state index in [1.807, 2.05) is 0 Å². The van der Waals surface area contributed by atoms with Crippen LogP contribution in [0.4, 0.5) is 13.2 Å². The second kappa shape index (κ2) is 6.38. The molecule has 1 N–H and O–H groups in total. The van der Waals surface area contributed by atoms with Gasteiger partial charge >= 0.3 is 6.18 Å². The largest absolute Gasteiger partial charge is 0.429 e. The quantitative estimate of drug-likeness (QED) is 0.761. The summed E-state index contributed by atoms with van der Waals surface area (Å²) in [6.45, 7) is 2.08. The maximum atomic E-state index is 13.3. The minimum atomic E-state index is -4.44. The van der Waals surface area contributed by atoms with Gasteiger partial charge in [0.05, 0.1) is 17.5 Å². The topological polar surface area (TPSA) is 45.0 Å². The van der Waals surface area contributed by atoms with Crippen molar-refractivity contribution in [3.63, 3.8) is 0 Å². The highest BCUT2D eigenvalue weighted by molar-refractivity contribution is 6.09. The molecule has 0 aromatic carbocycles. The van der Waals surface area contributed by atoms with Crippen LogP contribution in [0.2, 0.25) is 0 Å². The van der Waals surface area contributed by atoms with Crippen molar-refractivity contribution in [1.29, 1.82) is 0 Å². The minimum absolute atomic E-state index is 0.278. The van der Waals surface area contributed by atoms with Crippen LogP contribution in [0.3, 0.4) is 0 Å². The van der Waals surface area contributed by atoms with Crippen molar-refractivity contribution in [3.8, 4) is 0 Å². The molecule has 1 aliphatic heterocycles. The SMILES string of the molecule is CC1CCC(O)C(C2=NC3=C(CCCC3)N=C(C(F)(F)F)C2)C1. The molecule has 2 aliphatic carbocycles. The molecular weight excluding hydrogens is 305 g/mol. The van der Waals surface area contributed by atoms with Crippen molar-refractivity contribution in [2.45, 2.75) is 70.6 Å². The first kappa shape index (κ1) is 16.7. The zero-order valence-electron chi connectivity index (χ0n) is 13.4. The summed E-state index contributed by atoms with van der Waals surface area (Å²) in [5.74, 6) is 0.125. The van der Waals surface area contributed by atoms with Gasteiger partial charge in [0.2, 0.25) is 0 Å². The Balaban J connectivity index is 1.98. The van der Waals surface area contributed by atoms with Crippen LogP contribution in [0.5, 0.6) is 0 Å². The number of aliphatic hydroxyl groups excluding tert-OH is 1. The summed E-state index contributed by atoms with van der Waals surface area (Å²) in [6.07, 6.45) is -0.0114. The number of aliphatic imine (C=N–C) groups is 2. The Morgan fingerprint density at radius 2 is 1.70 bits per heavy atom.